The summed E-state index contributed by atoms with van der Waals surface area (Å²) in [5.74, 6) is 1.07. The van der Waals surface area contributed by atoms with Gasteiger partial charge in [0.05, 0.1) is 11.9 Å². The molecule has 0 atom stereocenters. The van der Waals surface area contributed by atoms with Gasteiger partial charge in [-0.3, -0.25) is 4.79 Å². The lowest BCUT2D eigenvalue weighted by Crippen LogP contribution is -2.20. The number of ether oxygens (including phenoxy) is 1. The van der Waals surface area contributed by atoms with Crippen molar-refractivity contribution in [2.24, 2.45) is 5.73 Å². The first kappa shape index (κ1) is 17.6. The second kappa shape index (κ2) is 6.85. The third kappa shape index (κ3) is 2.82. The summed E-state index contributed by atoms with van der Waals surface area (Å²) in [5, 5.41) is 7.33. The van der Waals surface area contributed by atoms with Crippen LogP contribution in [0.15, 0.2) is 36.8 Å². The van der Waals surface area contributed by atoms with Crippen LogP contribution in [-0.4, -0.2) is 50.3 Å². The van der Waals surface area contributed by atoms with Crippen LogP contribution in [0.5, 0.6) is 0 Å². The van der Waals surface area contributed by atoms with Crippen molar-refractivity contribution in [1.29, 1.82) is 0 Å². The van der Waals surface area contributed by atoms with Gasteiger partial charge in [0.15, 0.2) is 5.65 Å². The van der Waals surface area contributed by atoms with Crippen molar-refractivity contribution in [3.8, 4) is 22.6 Å². The summed E-state index contributed by atoms with van der Waals surface area (Å²) >= 11 is 0. The zero-order valence-electron chi connectivity index (χ0n) is 16.0. The normalized spacial score (nSPS) is 15.2. The first-order valence-corrected chi connectivity index (χ1v) is 9.57. The highest BCUT2D eigenvalue weighted by molar-refractivity contribution is 5.99. The number of fused-ring (bicyclic) bond motifs is 2. The van der Waals surface area contributed by atoms with Crippen molar-refractivity contribution in [2.75, 3.05) is 25.6 Å². The summed E-state index contributed by atoms with van der Waals surface area (Å²) in [6.07, 6.45) is 7.29. The van der Waals surface area contributed by atoms with Crippen LogP contribution in [0.4, 0.5) is 5.82 Å². The molecule has 1 amide bonds. The van der Waals surface area contributed by atoms with Crippen molar-refractivity contribution in [3.05, 3.63) is 42.4 Å². The molecule has 148 valence electrons. The molecule has 3 aliphatic heterocycles. The van der Waals surface area contributed by atoms with E-state index < -0.39 is 5.91 Å². The molecular weight excluding hydrogens is 370 g/mol. The molecule has 0 saturated carbocycles. The lowest BCUT2D eigenvalue weighted by atomic mass is 10.0. The van der Waals surface area contributed by atoms with Gasteiger partial charge >= 0.3 is 0 Å². The van der Waals surface area contributed by atoms with E-state index in [0.717, 1.165) is 43.0 Å². The average molecular weight is 391 g/mol. The number of pyridine rings is 1. The van der Waals surface area contributed by atoms with Crippen molar-refractivity contribution in [2.45, 2.75) is 18.9 Å². The number of carbonyl (C=O) groups is 1. The van der Waals surface area contributed by atoms with Gasteiger partial charge in [0, 0.05) is 55.9 Å². The molecule has 2 aromatic rings. The van der Waals surface area contributed by atoms with Crippen LogP contribution in [-0.2, 0) is 4.74 Å². The summed E-state index contributed by atoms with van der Waals surface area (Å²) in [6.45, 7) is 1.53. The summed E-state index contributed by atoms with van der Waals surface area (Å²) in [7, 11) is 1.80. The monoisotopic (exact) mass is 391 g/mol. The quantitative estimate of drug-likeness (QED) is 0.551. The van der Waals surface area contributed by atoms with E-state index in [-0.39, 0.29) is 5.56 Å². The van der Waals surface area contributed by atoms with E-state index in [2.05, 4.69) is 21.2 Å². The fraction of sp³-hybridized carbons (Fsp3) is 0.300. The molecule has 0 aliphatic carbocycles. The average Bonchev–Trinajstić information content (AvgIpc) is 3.37. The lowest BCUT2D eigenvalue weighted by molar-refractivity contribution is 0.0697. The zero-order chi connectivity index (χ0) is 20.0. The molecule has 1 saturated heterocycles. The lowest BCUT2D eigenvalue weighted by Gasteiger charge is -2.26. The van der Waals surface area contributed by atoms with Crippen LogP contribution in [0.3, 0.4) is 0 Å². The van der Waals surface area contributed by atoms with Crippen LogP contribution >= 0.6 is 0 Å². The highest BCUT2D eigenvalue weighted by Crippen LogP contribution is 2.36. The molecule has 3 aliphatic rings. The van der Waals surface area contributed by atoms with Crippen molar-refractivity contribution in [3.63, 3.8) is 0 Å². The van der Waals surface area contributed by atoms with E-state index in [1.165, 1.54) is 6.20 Å². The topological polar surface area (TPSA) is 112 Å². The molecule has 0 radical (unpaired) electrons. The zero-order valence-corrected chi connectivity index (χ0v) is 16.0. The molecule has 5 heterocycles. The molecule has 3 N–H and O–H groups in total. The van der Waals surface area contributed by atoms with Crippen LogP contribution < -0.4 is 11.1 Å². The van der Waals surface area contributed by atoms with Gasteiger partial charge in [-0.1, -0.05) is 0 Å². The van der Waals surface area contributed by atoms with Gasteiger partial charge in [0.25, 0.3) is 5.91 Å². The minimum absolute atomic E-state index is 0.282. The van der Waals surface area contributed by atoms with E-state index in [1.54, 1.807) is 11.6 Å². The van der Waals surface area contributed by atoms with E-state index in [1.807, 2.05) is 24.4 Å². The molecule has 9 nitrogen and oxygen atoms in total. The second-order valence-corrected chi connectivity index (χ2v) is 7.10. The van der Waals surface area contributed by atoms with E-state index >= 15 is 0 Å². The number of primary amides is 1. The Bertz CT molecular complexity index is 1170. The SMILES string of the molecule is CNc1cc(-c2cnc3n(C4CCOCC4)cccc2-3)nc2c(C(N)=O)cnn12. The highest BCUT2D eigenvalue weighted by Gasteiger charge is 2.23. The molecule has 0 aromatic carbocycles. The fourth-order valence-electron chi connectivity index (χ4n) is 3.97. The third-order valence-corrected chi connectivity index (χ3v) is 5.45. The number of rotatable bonds is 4. The summed E-state index contributed by atoms with van der Waals surface area (Å²) < 4.78 is 9.30. The molecule has 5 rings (SSSR count). The minimum Gasteiger partial charge on any atom is -0.381 e. The Balaban J connectivity index is 1.64. The van der Waals surface area contributed by atoms with Crippen LogP contribution in [0, 0.1) is 0 Å². The Hall–Kier alpha value is -3.46. The summed E-state index contributed by atoms with van der Waals surface area (Å²) in [5.41, 5.74) is 8.82. The number of carbonyl (C=O) groups excluding carboxylic acids is 1. The largest absolute Gasteiger partial charge is 0.381 e. The number of anilines is 1. The molecule has 9 heteroatoms. The van der Waals surface area contributed by atoms with E-state index in [4.69, 9.17) is 20.4 Å². The first-order chi connectivity index (χ1) is 14.2. The van der Waals surface area contributed by atoms with Crippen molar-refractivity contribution >= 4 is 17.4 Å². The van der Waals surface area contributed by atoms with Crippen LogP contribution in [0.1, 0.15) is 29.2 Å². The van der Waals surface area contributed by atoms with Gasteiger partial charge < -0.3 is 20.4 Å². The van der Waals surface area contributed by atoms with Crippen molar-refractivity contribution < 1.29 is 9.53 Å². The van der Waals surface area contributed by atoms with Gasteiger partial charge in [-0.25, -0.2) is 9.97 Å². The first-order valence-electron chi connectivity index (χ1n) is 9.57. The number of hydrogen-bond acceptors (Lipinski definition) is 6. The Kier molecular flexibility index (Phi) is 4.17. The van der Waals surface area contributed by atoms with Crippen LogP contribution in [0.2, 0.25) is 0 Å². The Morgan fingerprint density at radius 3 is 2.86 bits per heavy atom. The van der Waals surface area contributed by atoms with E-state index in [9.17, 15) is 4.79 Å². The Morgan fingerprint density at radius 2 is 2.10 bits per heavy atom. The number of hydrogen-bond donors (Lipinski definition) is 2. The molecule has 29 heavy (non-hydrogen) atoms. The van der Waals surface area contributed by atoms with Gasteiger partial charge in [0.1, 0.15) is 17.2 Å². The molecule has 2 aromatic heterocycles. The molecular formula is C20H21N7O2. The number of amides is 1. The van der Waals surface area contributed by atoms with Gasteiger partial charge in [0.2, 0.25) is 0 Å². The number of aromatic nitrogens is 5. The summed E-state index contributed by atoms with van der Waals surface area (Å²) in [6, 6.07) is 6.35. The molecule has 0 bridgehead atoms. The van der Waals surface area contributed by atoms with Gasteiger partial charge in [-0.15, -0.1) is 0 Å². The standard InChI is InChI=1S/C20H21N7O2/c1-22-17-9-16(25-20-15(18(21)28)11-24-27(17)20)14-10-23-19-13(14)3-2-6-26(19)12-4-7-29-8-5-12/h2-3,6,9-12,22H,4-5,7-8H2,1H3,(H2,21,28). The maximum absolute atomic E-state index is 11.8. The van der Waals surface area contributed by atoms with Gasteiger partial charge in [-0.2, -0.15) is 9.61 Å². The maximum Gasteiger partial charge on any atom is 0.254 e. The van der Waals surface area contributed by atoms with Crippen molar-refractivity contribution in [1.82, 2.24) is 24.1 Å². The predicted molar refractivity (Wildman–Crippen MR) is 108 cm³/mol. The van der Waals surface area contributed by atoms with Crippen LogP contribution in [0.25, 0.3) is 28.3 Å². The van der Waals surface area contributed by atoms with E-state index in [0.29, 0.717) is 23.2 Å². The fourth-order valence-corrected chi connectivity index (χ4v) is 3.97. The summed E-state index contributed by atoms with van der Waals surface area (Å²) in [4.78, 5) is 21.2. The Morgan fingerprint density at radius 1 is 1.28 bits per heavy atom. The number of nitrogens with zero attached hydrogens (tertiary/aromatic N) is 5. The maximum atomic E-state index is 11.8. The Labute approximate surface area is 166 Å². The molecule has 1 fully saturated rings. The number of nitrogens with two attached hydrogens (primary N) is 1. The predicted octanol–water partition coefficient (Wildman–Crippen LogP) is 2.19. The third-order valence-electron chi connectivity index (χ3n) is 5.45. The smallest absolute Gasteiger partial charge is 0.254 e. The molecule has 0 unspecified atom stereocenters. The number of nitrogens with one attached hydrogen (secondary N) is 1. The molecule has 0 spiro atoms. The second-order valence-electron chi connectivity index (χ2n) is 7.10. The van der Waals surface area contributed by atoms with Gasteiger partial charge in [-0.05, 0) is 25.0 Å². The highest BCUT2D eigenvalue weighted by atomic mass is 16.5. The minimum atomic E-state index is -0.561.